The quantitative estimate of drug-likeness (QED) is 0.417. The molecule has 8 heteroatoms. The lowest BCUT2D eigenvalue weighted by Crippen LogP contribution is -2.34. The van der Waals surface area contributed by atoms with Gasteiger partial charge in [0.25, 0.3) is 5.91 Å². The van der Waals surface area contributed by atoms with Gasteiger partial charge in [0, 0.05) is 19.2 Å². The molecule has 1 N–H and O–H groups in total. The maximum atomic E-state index is 13.8. The molecule has 1 aromatic heterocycles. The zero-order valence-corrected chi connectivity index (χ0v) is 21.0. The van der Waals surface area contributed by atoms with Crippen molar-refractivity contribution in [1.29, 1.82) is 0 Å². The maximum Gasteiger partial charge on any atom is 0.290 e. The number of Topliss-reactive ketones (excluding diaryl/α,β-unsaturated/α-hetero) is 1. The molecule has 2 heterocycles. The molecule has 4 rings (SSSR count). The van der Waals surface area contributed by atoms with Crippen molar-refractivity contribution in [2.75, 3.05) is 20.3 Å². The number of ether oxygens (including phenoxy) is 2. The van der Waals surface area contributed by atoms with Gasteiger partial charge in [0.1, 0.15) is 10.8 Å². The third-order valence-electron chi connectivity index (χ3n) is 5.65. The van der Waals surface area contributed by atoms with Gasteiger partial charge in [-0.2, -0.15) is 0 Å². The number of thiazole rings is 1. The molecule has 3 aromatic rings. The average molecular weight is 493 g/mol. The molecule has 1 aliphatic rings. The number of aryl methyl sites for hydroxylation is 1. The molecule has 1 aliphatic heterocycles. The fraction of sp³-hybridized carbons (Fsp3) is 0.296. The highest BCUT2D eigenvalue weighted by atomic mass is 32.1. The molecular formula is C27H28N2O5S. The van der Waals surface area contributed by atoms with Gasteiger partial charge in [0.05, 0.1) is 34.9 Å². The first-order valence-corrected chi connectivity index (χ1v) is 12.2. The Bertz CT molecular complexity index is 1270. The van der Waals surface area contributed by atoms with E-state index in [2.05, 4.69) is 4.98 Å². The largest absolute Gasteiger partial charge is 0.503 e. The van der Waals surface area contributed by atoms with Crippen LogP contribution in [0.3, 0.4) is 0 Å². The van der Waals surface area contributed by atoms with E-state index in [1.54, 1.807) is 13.0 Å². The fourth-order valence-electron chi connectivity index (χ4n) is 4.12. The Kier molecular flexibility index (Phi) is 7.33. The third kappa shape index (κ3) is 4.99. The Balaban J connectivity index is 1.78. The Morgan fingerprint density at radius 3 is 2.60 bits per heavy atom. The number of ketones is 1. The predicted molar refractivity (Wildman–Crippen MR) is 135 cm³/mol. The van der Waals surface area contributed by atoms with Gasteiger partial charge in [-0.25, -0.2) is 4.98 Å². The van der Waals surface area contributed by atoms with Crippen LogP contribution >= 0.6 is 11.3 Å². The Labute approximate surface area is 208 Å². The summed E-state index contributed by atoms with van der Waals surface area (Å²) >= 11 is 1.25. The van der Waals surface area contributed by atoms with Gasteiger partial charge in [-0.1, -0.05) is 42.5 Å². The first-order chi connectivity index (χ1) is 16.8. The third-order valence-corrected chi connectivity index (χ3v) is 6.86. The minimum atomic E-state index is -0.775. The second-order valence-corrected chi connectivity index (χ2v) is 9.52. The molecule has 1 unspecified atom stereocenters. The van der Waals surface area contributed by atoms with E-state index in [4.69, 9.17) is 9.47 Å². The SMILES string of the molecule is COCCN1C(=O)C(O)=C(C(=O)c2sc(-c3ccccc3)nc2C)C1c1cccc(OC(C)C)c1. The number of hydrogen-bond donors (Lipinski definition) is 1. The molecule has 182 valence electrons. The van der Waals surface area contributed by atoms with Gasteiger partial charge < -0.3 is 19.5 Å². The van der Waals surface area contributed by atoms with Crippen LogP contribution < -0.4 is 4.74 Å². The van der Waals surface area contributed by atoms with Crippen LogP contribution in [0.4, 0.5) is 0 Å². The summed E-state index contributed by atoms with van der Waals surface area (Å²) in [5.74, 6) is -0.931. The Hall–Kier alpha value is -3.49. The van der Waals surface area contributed by atoms with Crippen molar-refractivity contribution >= 4 is 23.0 Å². The van der Waals surface area contributed by atoms with Gasteiger partial charge in [0.15, 0.2) is 5.76 Å². The number of methoxy groups -OCH3 is 1. The van der Waals surface area contributed by atoms with Gasteiger partial charge in [0.2, 0.25) is 5.78 Å². The van der Waals surface area contributed by atoms with Gasteiger partial charge in [-0.05, 0) is 38.5 Å². The number of hydrogen-bond acceptors (Lipinski definition) is 7. The molecule has 0 aliphatic carbocycles. The highest BCUT2D eigenvalue weighted by Gasteiger charge is 2.44. The van der Waals surface area contributed by atoms with Crippen molar-refractivity contribution in [3.05, 3.63) is 82.1 Å². The standard InChI is InChI=1S/C27H28N2O5S/c1-16(2)34-20-12-8-11-19(15-20)22-21(24(31)27(32)29(22)13-14-33-4)23(30)25-17(3)28-26(35-25)18-9-6-5-7-10-18/h5-12,15-16,22,31H,13-14H2,1-4H3. The molecule has 1 amide bonds. The van der Waals surface area contributed by atoms with Crippen LogP contribution in [-0.2, 0) is 9.53 Å². The minimum absolute atomic E-state index is 0.0404. The summed E-state index contributed by atoms with van der Waals surface area (Å²) in [7, 11) is 1.54. The van der Waals surface area contributed by atoms with Crippen LogP contribution in [0.5, 0.6) is 5.75 Å². The van der Waals surface area contributed by atoms with Gasteiger partial charge in [-0.3, -0.25) is 9.59 Å². The molecule has 0 radical (unpaired) electrons. The maximum absolute atomic E-state index is 13.8. The van der Waals surface area contributed by atoms with E-state index in [1.807, 2.05) is 62.4 Å². The lowest BCUT2D eigenvalue weighted by atomic mass is 9.95. The molecular weight excluding hydrogens is 464 g/mol. The van der Waals surface area contributed by atoms with Crippen LogP contribution in [0.25, 0.3) is 10.6 Å². The van der Waals surface area contributed by atoms with E-state index in [-0.39, 0.29) is 24.8 Å². The highest BCUT2D eigenvalue weighted by molar-refractivity contribution is 7.17. The lowest BCUT2D eigenvalue weighted by Gasteiger charge is -2.27. The van der Waals surface area contributed by atoms with Crippen molar-refractivity contribution < 1.29 is 24.2 Å². The van der Waals surface area contributed by atoms with Crippen LogP contribution in [-0.4, -0.2) is 53.0 Å². The number of carbonyl (C=O) groups is 2. The topological polar surface area (TPSA) is 89.0 Å². The van der Waals surface area contributed by atoms with Crippen molar-refractivity contribution in [2.24, 2.45) is 0 Å². The van der Waals surface area contributed by atoms with Gasteiger partial charge >= 0.3 is 0 Å². The first kappa shape index (κ1) is 24.6. The summed E-state index contributed by atoms with van der Waals surface area (Å²) in [4.78, 5) is 33.4. The van der Waals surface area contributed by atoms with E-state index < -0.39 is 23.5 Å². The van der Waals surface area contributed by atoms with Crippen molar-refractivity contribution in [2.45, 2.75) is 32.9 Å². The summed E-state index contributed by atoms with van der Waals surface area (Å²) in [5.41, 5.74) is 2.17. The van der Waals surface area contributed by atoms with E-state index in [0.717, 1.165) is 5.56 Å². The summed E-state index contributed by atoms with van der Waals surface area (Å²) in [6, 6.07) is 16.1. The number of benzene rings is 2. The Morgan fingerprint density at radius 2 is 1.91 bits per heavy atom. The molecule has 0 fully saturated rings. The molecule has 0 spiro atoms. The normalized spacial score (nSPS) is 15.9. The second-order valence-electron chi connectivity index (χ2n) is 8.52. The van der Waals surface area contributed by atoms with E-state index in [1.165, 1.54) is 23.3 Å². The summed E-state index contributed by atoms with van der Waals surface area (Å²) in [6.45, 7) is 6.09. The molecule has 1 atom stereocenters. The number of aliphatic hydroxyl groups excluding tert-OH is 1. The minimum Gasteiger partial charge on any atom is -0.503 e. The number of amides is 1. The molecule has 0 bridgehead atoms. The van der Waals surface area contributed by atoms with Crippen LogP contribution in [0.1, 0.15) is 40.8 Å². The highest BCUT2D eigenvalue weighted by Crippen LogP contribution is 2.41. The summed E-state index contributed by atoms with van der Waals surface area (Å²) in [5, 5.41) is 11.6. The summed E-state index contributed by atoms with van der Waals surface area (Å²) in [6.07, 6.45) is -0.0404. The fourth-order valence-corrected chi connectivity index (χ4v) is 5.14. The average Bonchev–Trinajstić information content (AvgIpc) is 3.35. The van der Waals surface area contributed by atoms with Crippen molar-refractivity contribution in [3.8, 4) is 16.3 Å². The molecule has 2 aromatic carbocycles. The number of nitrogens with zero attached hydrogens (tertiary/aromatic N) is 2. The number of carbonyl (C=O) groups excluding carboxylic acids is 2. The molecule has 35 heavy (non-hydrogen) atoms. The smallest absolute Gasteiger partial charge is 0.290 e. The number of aliphatic hydroxyl groups is 1. The number of aromatic nitrogens is 1. The van der Waals surface area contributed by atoms with Crippen LogP contribution in [0.2, 0.25) is 0 Å². The van der Waals surface area contributed by atoms with E-state index in [9.17, 15) is 14.7 Å². The van der Waals surface area contributed by atoms with Crippen molar-refractivity contribution in [1.82, 2.24) is 9.88 Å². The molecule has 7 nitrogen and oxygen atoms in total. The van der Waals surface area contributed by atoms with Crippen molar-refractivity contribution in [3.63, 3.8) is 0 Å². The van der Waals surface area contributed by atoms with Crippen LogP contribution in [0.15, 0.2) is 65.9 Å². The first-order valence-electron chi connectivity index (χ1n) is 11.4. The Morgan fingerprint density at radius 1 is 1.17 bits per heavy atom. The van der Waals surface area contributed by atoms with Crippen LogP contribution in [0, 0.1) is 6.92 Å². The molecule has 0 saturated heterocycles. The monoisotopic (exact) mass is 492 g/mol. The van der Waals surface area contributed by atoms with E-state index in [0.29, 0.717) is 26.9 Å². The van der Waals surface area contributed by atoms with E-state index >= 15 is 0 Å². The van der Waals surface area contributed by atoms with Gasteiger partial charge in [-0.15, -0.1) is 11.3 Å². The lowest BCUT2D eigenvalue weighted by molar-refractivity contribution is -0.130. The predicted octanol–water partition coefficient (Wildman–Crippen LogP) is 5.13. The number of rotatable bonds is 9. The zero-order chi connectivity index (χ0) is 25.1. The second kappa shape index (κ2) is 10.4. The zero-order valence-electron chi connectivity index (χ0n) is 20.1. The molecule has 0 saturated carbocycles. The summed E-state index contributed by atoms with van der Waals surface area (Å²) < 4.78 is 11.0.